The maximum atomic E-state index is 12.5. The standard InChI is InChI=1S/C17H16F3N5O2/c1-24-15-13(8-23-24)16(27)25(10-22-15)9-14(26)21-7-6-11-2-4-12(5-3-11)17(18,19)20/h2-5,8,10H,6-7,9H2,1H3,(H,21,26). The van der Waals surface area contributed by atoms with Gasteiger partial charge in [0.2, 0.25) is 5.91 Å². The molecule has 0 radical (unpaired) electrons. The Hall–Kier alpha value is -3.17. The summed E-state index contributed by atoms with van der Waals surface area (Å²) in [7, 11) is 1.66. The van der Waals surface area contributed by atoms with E-state index in [1.807, 2.05) is 0 Å². The Balaban J connectivity index is 1.56. The molecule has 142 valence electrons. The van der Waals surface area contributed by atoms with Crippen molar-refractivity contribution in [3.8, 4) is 0 Å². The fourth-order valence-corrected chi connectivity index (χ4v) is 2.60. The van der Waals surface area contributed by atoms with Gasteiger partial charge in [0.25, 0.3) is 5.56 Å². The maximum absolute atomic E-state index is 12.5. The van der Waals surface area contributed by atoms with Gasteiger partial charge < -0.3 is 5.32 Å². The van der Waals surface area contributed by atoms with Crippen molar-refractivity contribution in [1.82, 2.24) is 24.6 Å². The van der Waals surface area contributed by atoms with Gasteiger partial charge in [-0.2, -0.15) is 18.3 Å². The number of benzene rings is 1. The van der Waals surface area contributed by atoms with E-state index in [0.717, 1.165) is 12.1 Å². The molecule has 0 aliphatic rings. The summed E-state index contributed by atoms with van der Waals surface area (Å²) in [4.78, 5) is 28.4. The lowest BCUT2D eigenvalue weighted by molar-refractivity contribution is -0.137. The molecule has 0 saturated carbocycles. The van der Waals surface area contributed by atoms with E-state index in [0.29, 0.717) is 23.0 Å². The second-order valence-corrected chi connectivity index (χ2v) is 5.98. The largest absolute Gasteiger partial charge is 0.416 e. The highest BCUT2D eigenvalue weighted by Crippen LogP contribution is 2.29. The van der Waals surface area contributed by atoms with E-state index in [9.17, 15) is 22.8 Å². The number of rotatable bonds is 5. The summed E-state index contributed by atoms with van der Waals surface area (Å²) >= 11 is 0. The maximum Gasteiger partial charge on any atom is 0.416 e. The topological polar surface area (TPSA) is 81.8 Å². The molecule has 0 unspecified atom stereocenters. The first-order valence-corrected chi connectivity index (χ1v) is 8.05. The highest BCUT2D eigenvalue weighted by atomic mass is 19.4. The molecule has 7 nitrogen and oxygen atoms in total. The number of halogens is 3. The van der Waals surface area contributed by atoms with Crippen LogP contribution in [-0.2, 0) is 31.0 Å². The predicted molar refractivity (Wildman–Crippen MR) is 90.9 cm³/mol. The molecule has 10 heteroatoms. The minimum absolute atomic E-state index is 0.205. The fourth-order valence-electron chi connectivity index (χ4n) is 2.60. The Morgan fingerprint density at radius 2 is 1.93 bits per heavy atom. The summed E-state index contributed by atoms with van der Waals surface area (Å²) in [5.41, 5.74) is 0.0109. The minimum atomic E-state index is -4.37. The Morgan fingerprint density at radius 3 is 2.59 bits per heavy atom. The lowest BCUT2D eigenvalue weighted by atomic mass is 10.1. The van der Waals surface area contributed by atoms with Crippen molar-refractivity contribution < 1.29 is 18.0 Å². The number of alkyl halides is 3. The highest BCUT2D eigenvalue weighted by Gasteiger charge is 2.29. The summed E-state index contributed by atoms with van der Waals surface area (Å²) in [5, 5.41) is 6.90. The van der Waals surface area contributed by atoms with Crippen LogP contribution >= 0.6 is 0 Å². The van der Waals surface area contributed by atoms with Gasteiger partial charge in [0.1, 0.15) is 18.3 Å². The monoisotopic (exact) mass is 379 g/mol. The smallest absolute Gasteiger partial charge is 0.354 e. The van der Waals surface area contributed by atoms with Crippen molar-refractivity contribution in [3.63, 3.8) is 0 Å². The van der Waals surface area contributed by atoms with E-state index in [-0.39, 0.29) is 18.6 Å². The summed E-state index contributed by atoms with van der Waals surface area (Å²) in [6.07, 6.45) is -1.33. The molecule has 0 fully saturated rings. The van der Waals surface area contributed by atoms with Crippen LogP contribution < -0.4 is 10.9 Å². The molecule has 3 aromatic rings. The molecule has 2 aromatic heterocycles. The van der Waals surface area contributed by atoms with Gasteiger partial charge in [-0.1, -0.05) is 12.1 Å². The molecule has 0 saturated heterocycles. The van der Waals surface area contributed by atoms with Gasteiger partial charge in [0, 0.05) is 13.6 Å². The lowest BCUT2D eigenvalue weighted by Gasteiger charge is -2.09. The van der Waals surface area contributed by atoms with Crippen LogP contribution in [0.4, 0.5) is 13.2 Å². The van der Waals surface area contributed by atoms with E-state index in [2.05, 4.69) is 15.4 Å². The fraction of sp³-hybridized carbons (Fsp3) is 0.294. The third kappa shape index (κ3) is 4.15. The molecule has 0 spiro atoms. The Labute approximate surface area is 151 Å². The van der Waals surface area contributed by atoms with Crippen LogP contribution in [0.5, 0.6) is 0 Å². The minimum Gasteiger partial charge on any atom is -0.354 e. The first kappa shape index (κ1) is 18.6. The van der Waals surface area contributed by atoms with Crippen LogP contribution in [0.2, 0.25) is 0 Å². The molecule has 3 rings (SSSR count). The molecule has 2 heterocycles. The van der Waals surface area contributed by atoms with Crippen molar-refractivity contribution in [1.29, 1.82) is 0 Å². The molecule has 27 heavy (non-hydrogen) atoms. The molecule has 1 aromatic carbocycles. The number of nitrogens with zero attached hydrogens (tertiary/aromatic N) is 4. The predicted octanol–water partition coefficient (Wildman–Crippen LogP) is 1.51. The lowest BCUT2D eigenvalue weighted by Crippen LogP contribution is -2.33. The zero-order valence-corrected chi connectivity index (χ0v) is 14.3. The van der Waals surface area contributed by atoms with E-state index in [1.54, 1.807) is 7.05 Å². The van der Waals surface area contributed by atoms with Gasteiger partial charge >= 0.3 is 6.18 Å². The first-order chi connectivity index (χ1) is 12.8. The van der Waals surface area contributed by atoms with Crippen molar-refractivity contribution in [2.24, 2.45) is 7.05 Å². The first-order valence-electron chi connectivity index (χ1n) is 8.05. The van der Waals surface area contributed by atoms with Gasteiger partial charge in [-0.25, -0.2) is 4.98 Å². The van der Waals surface area contributed by atoms with Crippen LogP contribution in [0.1, 0.15) is 11.1 Å². The number of carbonyl (C=O) groups excluding carboxylic acids is 1. The van der Waals surface area contributed by atoms with Crippen LogP contribution in [-0.4, -0.2) is 31.8 Å². The van der Waals surface area contributed by atoms with Crippen LogP contribution in [0.3, 0.4) is 0 Å². The van der Waals surface area contributed by atoms with Gasteiger partial charge in [0.05, 0.1) is 11.8 Å². The van der Waals surface area contributed by atoms with Crippen LogP contribution in [0.25, 0.3) is 11.0 Å². The zero-order valence-electron chi connectivity index (χ0n) is 14.3. The number of aromatic nitrogens is 4. The highest BCUT2D eigenvalue weighted by molar-refractivity contribution is 5.77. The van der Waals surface area contributed by atoms with E-state index < -0.39 is 17.6 Å². The van der Waals surface area contributed by atoms with Crippen LogP contribution in [0, 0.1) is 0 Å². The summed E-state index contributed by atoms with van der Waals surface area (Å²) < 4.78 is 40.2. The van der Waals surface area contributed by atoms with Gasteiger partial charge in [-0.05, 0) is 24.1 Å². The van der Waals surface area contributed by atoms with E-state index >= 15 is 0 Å². The second-order valence-electron chi connectivity index (χ2n) is 5.98. The van der Waals surface area contributed by atoms with Crippen LogP contribution in [0.15, 0.2) is 41.6 Å². The SMILES string of the molecule is Cn1ncc2c(=O)n(CC(=O)NCCc3ccc(C(F)(F)F)cc3)cnc21. The Kier molecular flexibility index (Phi) is 4.98. The van der Waals surface area contributed by atoms with Crippen molar-refractivity contribution in [2.45, 2.75) is 19.1 Å². The number of hydrogen-bond donors (Lipinski definition) is 1. The average molecular weight is 379 g/mol. The molecule has 1 amide bonds. The Morgan fingerprint density at radius 1 is 1.22 bits per heavy atom. The van der Waals surface area contributed by atoms with Gasteiger partial charge in [-0.3, -0.25) is 18.8 Å². The normalized spacial score (nSPS) is 11.7. The number of carbonyl (C=O) groups is 1. The summed E-state index contributed by atoms with van der Waals surface area (Å²) in [5.74, 6) is -0.394. The molecule has 0 aliphatic heterocycles. The van der Waals surface area contributed by atoms with Crippen molar-refractivity contribution >= 4 is 16.9 Å². The molecule has 0 atom stereocenters. The zero-order chi connectivity index (χ0) is 19.6. The van der Waals surface area contributed by atoms with Gasteiger partial charge in [-0.15, -0.1) is 0 Å². The number of fused-ring (bicyclic) bond motifs is 1. The number of nitrogens with one attached hydrogen (secondary N) is 1. The number of hydrogen-bond acceptors (Lipinski definition) is 4. The van der Waals surface area contributed by atoms with Crippen molar-refractivity contribution in [2.75, 3.05) is 6.54 Å². The molecule has 1 N–H and O–H groups in total. The number of aryl methyl sites for hydroxylation is 1. The van der Waals surface area contributed by atoms with Crippen molar-refractivity contribution in [3.05, 3.63) is 58.3 Å². The Bertz CT molecular complexity index is 1020. The van der Waals surface area contributed by atoms with E-state index in [4.69, 9.17) is 0 Å². The molecular weight excluding hydrogens is 363 g/mol. The molecule has 0 aliphatic carbocycles. The average Bonchev–Trinajstić information content (AvgIpc) is 2.99. The number of amides is 1. The quantitative estimate of drug-likeness (QED) is 0.729. The van der Waals surface area contributed by atoms with E-state index in [1.165, 1.54) is 33.9 Å². The molecule has 0 bridgehead atoms. The molecular formula is C17H16F3N5O2. The van der Waals surface area contributed by atoms with Gasteiger partial charge in [0.15, 0.2) is 5.65 Å². The third-order valence-corrected chi connectivity index (χ3v) is 4.05. The summed E-state index contributed by atoms with van der Waals surface area (Å²) in [6.45, 7) is 0.0329. The summed E-state index contributed by atoms with van der Waals surface area (Å²) in [6, 6.07) is 4.76. The third-order valence-electron chi connectivity index (χ3n) is 4.05. The second kappa shape index (κ2) is 7.22.